The van der Waals surface area contributed by atoms with Crippen LogP contribution in [-0.2, 0) is 28.5 Å². The molecule has 1 aromatic carbocycles. The molecule has 2 fully saturated rings. The van der Waals surface area contributed by atoms with Crippen molar-refractivity contribution in [1.82, 2.24) is 0 Å². The third kappa shape index (κ3) is 6.45. The topological polar surface area (TPSA) is 83.1 Å². The molecule has 178 valence electrons. The molecule has 0 aromatic heterocycles. The minimum absolute atomic E-state index is 0.187. The Morgan fingerprint density at radius 1 is 0.938 bits per heavy atom. The van der Waals surface area contributed by atoms with Gasteiger partial charge in [-0.15, -0.1) is 0 Å². The van der Waals surface area contributed by atoms with Crippen molar-refractivity contribution in [2.45, 2.75) is 96.2 Å². The van der Waals surface area contributed by atoms with Gasteiger partial charge in [-0.1, -0.05) is 18.2 Å². The molecule has 3 rings (SSSR count). The van der Waals surface area contributed by atoms with E-state index < -0.39 is 34.8 Å². The molecule has 1 aliphatic carbocycles. The van der Waals surface area contributed by atoms with Crippen LogP contribution in [0.4, 0.5) is 5.69 Å². The average Bonchev–Trinajstić information content (AvgIpc) is 3.10. The molecule has 1 aliphatic heterocycles. The quantitative estimate of drug-likeness (QED) is 0.524. The lowest BCUT2D eigenvalue weighted by molar-refractivity contribution is -0.177. The van der Waals surface area contributed by atoms with Gasteiger partial charge < -0.3 is 24.3 Å². The summed E-state index contributed by atoms with van der Waals surface area (Å²) in [4.78, 5) is 26.2. The van der Waals surface area contributed by atoms with Crippen LogP contribution in [0.2, 0.25) is 0 Å². The summed E-state index contributed by atoms with van der Waals surface area (Å²) < 4.78 is 22.8. The molecule has 2 aliphatic rings. The Bertz CT molecular complexity index is 778. The number of esters is 2. The first-order chi connectivity index (χ1) is 14.9. The molecule has 32 heavy (non-hydrogen) atoms. The molecule has 1 spiro atoms. The van der Waals surface area contributed by atoms with Crippen molar-refractivity contribution < 1.29 is 28.5 Å². The number of carbonyl (C=O) groups excluding carboxylic acids is 2. The molecule has 7 nitrogen and oxygen atoms in total. The van der Waals surface area contributed by atoms with Crippen molar-refractivity contribution in [2.24, 2.45) is 0 Å². The smallest absolute Gasteiger partial charge is 0.325 e. The van der Waals surface area contributed by atoms with E-state index in [2.05, 4.69) is 5.32 Å². The van der Waals surface area contributed by atoms with Gasteiger partial charge in [0.25, 0.3) is 0 Å². The first kappa shape index (κ1) is 24.5. The Labute approximate surface area is 191 Å². The normalized spacial score (nSPS) is 19.2. The maximum absolute atomic E-state index is 13.1. The Hall–Kier alpha value is -2.12. The molecular weight excluding hydrogens is 410 g/mol. The van der Waals surface area contributed by atoms with Crippen LogP contribution < -0.4 is 5.32 Å². The van der Waals surface area contributed by atoms with Crippen LogP contribution >= 0.6 is 0 Å². The number of hydrogen-bond donors (Lipinski definition) is 1. The maximum Gasteiger partial charge on any atom is 0.325 e. The first-order valence-corrected chi connectivity index (χ1v) is 11.5. The average molecular weight is 448 g/mol. The third-order valence-corrected chi connectivity index (χ3v) is 5.48. The molecule has 1 heterocycles. The number of para-hydroxylation sites is 1. The van der Waals surface area contributed by atoms with Gasteiger partial charge in [0, 0.05) is 30.1 Å². The number of ether oxygens (including phenoxy) is 4. The van der Waals surface area contributed by atoms with Crippen LogP contribution in [0.15, 0.2) is 24.3 Å². The molecule has 0 bridgehead atoms. The number of anilines is 1. The molecule has 1 saturated heterocycles. The number of rotatable bonds is 5. The van der Waals surface area contributed by atoms with Gasteiger partial charge in [-0.2, -0.15) is 0 Å². The monoisotopic (exact) mass is 447 g/mol. The van der Waals surface area contributed by atoms with Gasteiger partial charge in [-0.05, 0) is 60.5 Å². The molecule has 1 N–H and O–H groups in total. The number of benzene rings is 1. The Kier molecular flexibility index (Phi) is 7.20. The summed E-state index contributed by atoms with van der Waals surface area (Å²) in [5.41, 5.74) is -0.148. The van der Waals surface area contributed by atoms with Crippen LogP contribution in [0.3, 0.4) is 0 Å². The second kappa shape index (κ2) is 9.40. The molecule has 7 heteroatoms. The molecule has 0 unspecified atom stereocenters. The summed E-state index contributed by atoms with van der Waals surface area (Å²) in [7, 11) is 0. The van der Waals surface area contributed by atoms with Crippen molar-refractivity contribution in [3.8, 4) is 0 Å². The van der Waals surface area contributed by atoms with Gasteiger partial charge in [0.05, 0.1) is 13.2 Å². The lowest BCUT2D eigenvalue weighted by Gasteiger charge is -2.36. The van der Waals surface area contributed by atoms with E-state index in [4.69, 9.17) is 18.9 Å². The van der Waals surface area contributed by atoms with Gasteiger partial charge in [0.15, 0.2) is 11.7 Å². The highest BCUT2D eigenvalue weighted by molar-refractivity contribution is 6.02. The molecular formula is C25H37NO6. The summed E-state index contributed by atoms with van der Waals surface area (Å²) >= 11 is 0. The van der Waals surface area contributed by atoms with Gasteiger partial charge in [0.2, 0.25) is 0 Å². The van der Waals surface area contributed by atoms with Gasteiger partial charge in [-0.3, -0.25) is 9.59 Å². The van der Waals surface area contributed by atoms with Crippen LogP contribution in [-0.4, -0.2) is 48.2 Å². The standard InChI is InChI=1S/C25H37NO6/c1-23(2,3)31-21(27)20(22(28)32-24(4,5)6)18-9-7-8-10-19(18)26-17-11-13-25(14-12-17)29-15-16-30-25/h7-10,17,20,26H,11-16H2,1-6H3. The second-order valence-electron chi connectivity index (χ2n) is 10.6. The van der Waals surface area contributed by atoms with E-state index in [-0.39, 0.29) is 6.04 Å². The zero-order chi connectivity index (χ0) is 23.6. The molecule has 1 aromatic rings. The minimum Gasteiger partial charge on any atom is -0.459 e. The summed E-state index contributed by atoms with van der Waals surface area (Å²) in [6.45, 7) is 12.0. The van der Waals surface area contributed by atoms with Crippen LogP contribution in [0.1, 0.15) is 78.7 Å². The molecule has 1 saturated carbocycles. The Morgan fingerprint density at radius 3 is 1.94 bits per heavy atom. The van der Waals surface area contributed by atoms with Crippen LogP contribution in [0.5, 0.6) is 0 Å². The summed E-state index contributed by atoms with van der Waals surface area (Å²) in [6, 6.07) is 7.57. The van der Waals surface area contributed by atoms with E-state index in [1.165, 1.54) is 0 Å². The van der Waals surface area contributed by atoms with Crippen molar-refractivity contribution in [1.29, 1.82) is 0 Å². The maximum atomic E-state index is 13.1. The minimum atomic E-state index is -1.17. The van der Waals surface area contributed by atoms with Gasteiger partial charge in [0.1, 0.15) is 11.2 Å². The van der Waals surface area contributed by atoms with Crippen LogP contribution in [0.25, 0.3) is 0 Å². The van der Waals surface area contributed by atoms with Crippen molar-refractivity contribution in [3.63, 3.8) is 0 Å². The van der Waals surface area contributed by atoms with E-state index in [1.807, 2.05) is 18.2 Å². The highest BCUT2D eigenvalue weighted by Gasteiger charge is 2.41. The highest BCUT2D eigenvalue weighted by atomic mass is 16.7. The third-order valence-electron chi connectivity index (χ3n) is 5.48. The van der Waals surface area contributed by atoms with Gasteiger partial charge >= 0.3 is 11.9 Å². The number of carbonyl (C=O) groups is 2. The van der Waals surface area contributed by atoms with E-state index in [9.17, 15) is 9.59 Å². The fourth-order valence-corrected chi connectivity index (χ4v) is 4.16. The molecule has 0 amide bonds. The SMILES string of the molecule is CC(C)(C)OC(=O)C(C(=O)OC(C)(C)C)c1ccccc1NC1CCC2(CC1)OCCO2. The zero-order valence-corrected chi connectivity index (χ0v) is 20.2. The largest absolute Gasteiger partial charge is 0.459 e. The predicted octanol–water partition coefficient (Wildman–Crippen LogP) is 4.55. The Morgan fingerprint density at radius 2 is 1.44 bits per heavy atom. The lowest BCUT2D eigenvalue weighted by Crippen LogP contribution is -2.39. The van der Waals surface area contributed by atoms with Crippen molar-refractivity contribution in [3.05, 3.63) is 29.8 Å². The predicted molar refractivity (Wildman–Crippen MR) is 121 cm³/mol. The van der Waals surface area contributed by atoms with E-state index in [0.29, 0.717) is 18.8 Å². The lowest BCUT2D eigenvalue weighted by atomic mass is 9.89. The fourth-order valence-electron chi connectivity index (χ4n) is 4.16. The second-order valence-corrected chi connectivity index (χ2v) is 10.6. The molecule has 0 atom stereocenters. The Balaban J connectivity index is 1.82. The van der Waals surface area contributed by atoms with Gasteiger partial charge in [-0.25, -0.2) is 0 Å². The van der Waals surface area contributed by atoms with E-state index in [1.54, 1.807) is 47.6 Å². The number of hydrogen-bond acceptors (Lipinski definition) is 7. The zero-order valence-electron chi connectivity index (χ0n) is 20.2. The van der Waals surface area contributed by atoms with E-state index in [0.717, 1.165) is 31.4 Å². The fraction of sp³-hybridized carbons (Fsp3) is 0.680. The van der Waals surface area contributed by atoms with Crippen molar-refractivity contribution in [2.75, 3.05) is 18.5 Å². The van der Waals surface area contributed by atoms with Crippen LogP contribution in [0, 0.1) is 0 Å². The molecule has 0 radical (unpaired) electrons. The summed E-state index contributed by atoms with van der Waals surface area (Å²) in [5, 5.41) is 3.55. The highest BCUT2D eigenvalue weighted by Crippen LogP contribution is 2.38. The summed E-state index contributed by atoms with van der Waals surface area (Å²) in [5.74, 6) is -2.84. The summed E-state index contributed by atoms with van der Waals surface area (Å²) in [6.07, 6.45) is 3.37. The number of nitrogens with one attached hydrogen (secondary N) is 1. The van der Waals surface area contributed by atoms with Crippen molar-refractivity contribution >= 4 is 17.6 Å². The first-order valence-electron chi connectivity index (χ1n) is 11.5. The van der Waals surface area contributed by atoms with E-state index >= 15 is 0 Å².